The summed E-state index contributed by atoms with van der Waals surface area (Å²) in [6.45, 7) is 6.46. The minimum atomic E-state index is -0.0922. The molecule has 8 heteroatoms. The molecule has 0 aliphatic carbocycles. The van der Waals surface area contributed by atoms with Gasteiger partial charge in [-0.1, -0.05) is 41.6 Å². The van der Waals surface area contributed by atoms with Crippen molar-refractivity contribution in [2.24, 2.45) is 0 Å². The third kappa shape index (κ3) is 6.18. The van der Waals surface area contributed by atoms with Crippen LogP contribution in [0.3, 0.4) is 0 Å². The van der Waals surface area contributed by atoms with Crippen LogP contribution in [0.2, 0.25) is 0 Å². The Labute approximate surface area is 186 Å². The zero-order valence-corrected chi connectivity index (χ0v) is 18.7. The lowest BCUT2D eigenvalue weighted by molar-refractivity contribution is -0.118. The lowest BCUT2D eigenvalue weighted by Crippen LogP contribution is -2.23. The maximum atomic E-state index is 12.6. The van der Waals surface area contributed by atoms with Crippen molar-refractivity contribution in [2.45, 2.75) is 32.3 Å². The van der Waals surface area contributed by atoms with E-state index in [9.17, 15) is 9.59 Å². The van der Waals surface area contributed by atoms with Crippen LogP contribution in [0.15, 0.2) is 53.7 Å². The van der Waals surface area contributed by atoms with Crippen molar-refractivity contribution in [3.8, 4) is 11.4 Å². The predicted octanol–water partition coefficient (Wildman–Crippen LogP) is 3.63. The third-order valence-electron chi connectivity index (χ3n) is 4.53. The van der Waals surface area contributed by atoms with Gasteiger partial charge in [0, 0.05) is 31.1 Å². The number of hydrogen-bond acceptors (Lipinski definition) is 6. The second kappa shape index (κ2) is 10.8. The summed E-state index contributed by atoms with van der Waals surface area (Å²) in [5, 5.41) is 12.0. The van der Waals surface area contributed by atoms with Crippen LogP contribution in [0.5, 0.6) is 5.75 Å². The number of carbonyl (C=O) groups excluding carboxylic acids is 2. The van der Waals surface area contributed by atoms with Gasteiger partial charge in [0.15, 0.2) is 10.9 Å². The molecule has 1 aromatic heterocycles. The number of benzene rings is 2. The van der Waals surface area contributed by atoms with E-state index >= 15 is 0 Å². The molecular weight excluding hydrogens is 412 g/mol. The number of hydrogen-bond donors (Lipinski definition) is 1. The fourth-order valence-corrected chi connectivity index (χ4v) is 3.84. The second-order valence-electron chi connectivity index (χ2n) is 6.97. The van der Waals surface area contributed by atoms with Gasteiger partial charge < -0.3 is 10.1 Å². The van der Waals surface area contributed by atoms with Gasteiger partial charge in [-0.15, -0.1) is 10.2 Å². The first-order valence-electron chi connectivity index (χ1n) is 10.1. The van der Waals surface area contributed by atoms with Crippen LogP contribution < -0.4 is 10.1 Å². The summed E-state index contributed by atoms with van der Waals surface area (Å²) in [7, 11) is 0. The molecule has 162 valence electrons. The van der Waals surface area contributed by atoms with Crippen molar-refractivity contribution in [3.63, 3.8) is 0 Å². The van der Waals surface area contributed by atoms with Crippen molar-refractivity contribution in [1.82, 2.24) is 20.1 Å². The molecule has 3 aromatic rings. The van der Waals surface area contributed by atoms with Crippen molar-refractivity contribution in [2.75, 3.05) is 18.9 Å². The highest BCUT2D eigenvalue weighted by atomic mass is 32.2. The fourth-order valence-electron chi connectivity index (χ4n) is 2.98. The number of ketones is 1. The molecule has 7 nitrogen and oxygen atoms in total. The number of Topliss-reactive ketones (excluding diaryl/α,β-unsaturated/α-hetero) is 1. The highest BCUT2D eigenvalue weighted by molar-refractivity contribution is 7.99. The van der Waals surface area contributed by atoms with Gasteiger partial charge in [0.1, 0.15) is 11.6 Å². The topological polar surface area (TPSA) is 86.1 Å². The average molecular weight is 439 g/mol. The molecule has 2 aromatic carbocycles. The molecule has 0 fully saturated rings. The zero-order chi connectivity index (χ0) is 22.2. The number of rotatable bonds is 10. The highest BCUT2D eigenvalue weighted by Crippen LogP contribution is 2.25. The Morgan fingerprint density at radius 3 is 2.42 bits per heavy atom. The largest absolute Gasteiger partial charge is 0.494 e. The van der Waals surface area contributed by atoms with E-state index in [0.717, 1.165) is 17.0 Å². The van der Waals surface area contributed by atoms with Gasteiger partial charge in [0.2, 0.25) is 5.91 Å². The van der Waals surface area contributed by atoms with Crippen LogP contribution in [0.4, 0.5) is 0 Å². The summed E-state index contributed by atoms with van der Waals surface area (Å²) in [4.78, 5) is 23.8. The van der Waals surface area contributed by atoms with E-state index in [-0.39, 0.29) is 17.4 Å². The first-order chi connectivity index (χ1) is 15.0. The number of carbonyl (C=O) groups is 2. The van der Waals surface area contributed by atoms with E-state index in [1.165, 1.54) is 18.7 Å². The number of thioether (sulfide) groups is 1. The summed E-state index contributed by atoms with van der Waals surface area (Å²) >= 11 is 1.35. The predicted molar refractivity (Wildman–Crippen MR) is 121 cm³/mol. The highest BCUT2D eigenvalue weighted by Gasteiger charge is 2.17. The molecule has 1 heterocycles. The average Bonchev–Trinajstić information content (AvgIpc) is 3.16. The standard InChI is InChI=1S/C23H26N4O3S/c1-4-30-20-11-9-19(10-12-20)27-22(13-14-24-17(3)28)25-26-23(27)31-15-21(29)18-7-5-16(2)6-8-18/h5-12H,4,13-15H2,1-3H3,(H,24,28). The first-order valence-corrected chi connectivity index (χ1v) is 11.1. The van der Waals surface area contributed by atoms with Crippen LogP contribution in [-0.2, 0) is 11.2 Å². The molecule has 0 atom stereocenters. The van der Waals surface area contributed by atoms with E-state index < -0.39 is 0 Å². The van der Waals surface area contributed by atoms with Gasteiger partial charge in [-0.25, -0.2) is 0 Å². The summed E-state index contributed by atoms with van der Waals surface area (Å²) in [6.07, 6.45) is 0.520. The molecule has 0 saturated carbocycles. The molecule has 0 aliphatic rings. The summed E-state index contributed by atoms with van der Waals surface area (Å²) in [6, 6.07) is 15.2. The lowest BCUT2D eigenvalue weighted by atomic mass is 10.1. The van der Waals surface area contributed by atoms with Gasteiger partial charge in [-0.2, -0.15) is 0 Å². The lowest BCUT2D eigenvalue weighted by Gasteiger charge is -2.11. The third-order valence-corrected chi connectivity index (χ3v) is 5.46. The second-order valence-corrected chi connectivity index (χ2v) is 7.91. The Kier molecular flexibility index (Phi) is 7.83. The summed E-state index contributed by atoms with van der Waals surface area (Å²) < 4.78 is 7.45. The normalized spacial score (nSPS) is 10.7. The molecule has 0 radical (unpaired) electrons. The molecule has 0 bridgehead atoms. The molecule has 0 aliphatic heterocycles. The first kappa shape index (κ1) is 22.6. The number of ether oxygens (including phenoxy) is 1. The van der Waals surface area contributed by atoms with E-state index in [1.807, 2.05) is 66.9 Å². The van der Waals surface area contributed by atoms with Crippen LogP contribution in [0.25, 0.3) is 5.69 Å². The molecule has 3 rings (SSSR count). The Balaban J connectivity index is 1.81. The van der Waals surface area contributed by atoms with Crippen molar-refractivity contribution in [1.29, 1.82) is 0 Å². The van der Waals surface area contributed by atoms with E-state index in [4.69, 9.17) is 4.74 Å². The minimum Gasteiger partial charge on any atom is -0.494 e. The van der Waals surface area contributed by atoms with E-state index in [1.54, 1.807) is 0 Å². The molecular formula is C23H26N4O3S. The SMILES string of the molecule is CCOc1ccc(-n2c(CCNC(C)=O)nnc2SCC(=O)c2ccc(C)cc2)cc1. The molecule has 1 amide bonds. The van der Waals surface area contributed by atoms with Crippen LogP contribution in [0, 0.1) is 6.92 Å². The Hall–Kier alpha value is -3.13. The van der Waals surface area contributed by atoms with Crippen molar-refractivity contribution >= 4 is 23.5 Å². The van der Waals surface area contributed by atoms with Crippen molar-refractivity contribution in [3.05, 3.63) is 65.5 Å². The molecule has 0 spiro atoms. The van der Waals surface area contributed by atoms with E-state index in [0.29, 0.717) is 36.1 Å². The summed E-state index contributed by atoms with van der Waals surface area (Å²) in [5.41, 5.74) is 2.66. The maximum Gasteiger partial charge on any atom is 0.216 e. The van der Waals surface area contributed by atoms with Crippen LogP contribution in [-0.4, -0.2) is 45.4 Å². The monoisotopic (exact) mass is 438 g/mol. The fraction of sp³-hybridized carbons (Fsp3) is 0.304. The molecule has 1 N–H and O–H groups in total. The minimum absolute atomic E-state index is 0.0334. The Bertz CT molecular complexity index is 1030. The van der Waals surface area contributed by atoms with E-state index in [2.05, 4.69) is 15.5 Å². The van der Waals surface area contributed by atoms with Gasteiger partial charge >= 0.3 is 0 Å². The smallest absolute Gasteiger partial charge is 0.216 e. The number of aryl methyl sites for hydroxylation is 1. The number of nitrogens with zero attached hydrogens (tertiary/aromatic N) is 3. The van der Waals surface area contributed by atoms with Crippen molar-refractivity contribution < 1.29 is 14.3 Å². The van der Waals surface area contributed by atoms with Gasteiger partial charge in [0.25, 0.3) is 0 Å². The van der Waals surface area contributed by atoms with Crippen LogP contribution in [0.1, 0.15) is 35.6 Å². The quantitative estimate of drug-likeness (QED) is 0.384. The molecule has 0 saturated heterocycles. The van der Waals surface area contributed by atoms with Crippen LogP contribution >= 0.6 is 11.8 Å². The summed E-state index contributed by atoms with van der Waals surface area (Å²) in [5.74, 6) is 1.69. The zero-order valence-electron chi connectivity index (χ0n) is 17.9. The number of amides is 1. The van der Waals surface area contributed by atoms with Gasteiger partial charge in [-0.05, 0) is 38.1 Å². The molecule has 31 heavy (non-hydrogen) atoms. The number of nitrogens with one attached hydrogen (secondary N) is 1. The Morgan fingerprint density at radius 2 is 1.77 bits per heavy atom. The van der Waals surface area contributed by atoms with Gasteiger partial charge in [0.05, 0.1) is 12.4 Å². The number of aromatic nitrogens is 3. The maximum absolute atomic E-state index is 12.6. The van der Waals surface area contributed by atoms with Gasteiger partial charge in [-0.3, -0.25) is 14.2 Å². The Morgan fingerprint density at radius 1 is 1.06 bits per heavy atom. The molecule has 0 unspecified atom stereocenters.